The second-order valence-electron chi connectivity index (χ2n) is 7.01. The van der Waals surface area contributed by atoms with E-state index in [1.807, 2.05) is 48.5 Å². The number of thioether (sulfide) groups is 1. The van der Waals surface area contributed by atoms with Crippen molar-refractivity contribution in [1.29, 1.82) is 0 Å². The average molecular weight is 411 g/mol. The molecule has 6 heteroatoms. The van der Waals surface area contributed by atoms with Crippen LogP contribution in [0.2, 0.25) is 0 Å². The van der Waals surface area contributed by atoms with Gasteiger partial charge in [-0.15, -0.1) is 11.8 Å². The van der Waals surface area contributed by atoms with Crippen LogP contribution < -0.4 is 5.32 Å². The van der Waals surface area contributed by atoms with Crippen molar-refractivity contribution in [3.05, 3.63) is 77.5 Å². The zero-order chi connectivity index (χ0) is 19.9. The van der Waals surface area contributed by atoms with Crippen molar-refractivity contribution < 1.29 is 14.3 Å². The first-order valence-electron chi connectivity index (χ1n) is 10.0. The molecule has 1 N–H and O–H groups in total. The van der Waals surface area contributed by atoms with E-state index in [0.29, 0.717) is 18.9 Å². The lowest BCUT2D eigenvalue weighted by Crippen LogP contribution is -2.44. The summed E-state index contributed by atoms with van der Waals surface area (Å²) >= 11 is 1.68. The first-order chi connectivity index (χ1) is 14.3. The Morgan fingerprint density at radius 2 is 1.69 bits per heavy atom. The van der Waals surface area contributed by atoms with E-state index in [1.165, 1.54) is 5.56 Å². The topological polar surface area (TPSA) is 50.8 Å². The van der Waals surface area contributed by atoms with Crippen LogP contribution >= 0.6 is 11.8 Å². The predicted octanol–water partition coefficient (Wildman–Crippen LogP) is 3.31. The molecule has 0 spiro atoms. The zero-order valence-corrected chi connectivity index (χ0v) is 17.2. The van der Waals surface area contributed by atoms with Crippen molar-refractivity contribution in [2.75, 3.05) is 45.2 Å². The van der Waals surface area contributed by atoms with Crippen molar-refractivity contribution in [3.63, 3.8) is 0 Å². The fourth-order valence-corrected chi connectivity index (χ4v) is 4.64. The largest absolute Gasteiger partial charge is 0.486 e. The quantitative estimate of drug-likeness (QED) is 0.792. The Hall–Kier alpha value is -2.28. The summed E-state index contributed by atoms with van der Waals surface area (Å²) in [5.74, 6) is 1.13. The summed E-state index contributed by atoms with van der Waals surface area (Å²) in [6.45, 7) is 4.25. The highest BCUT2D eigenvalue weighted by Crippen LogP contribution is 2.34. The third-order valence-electron chi connectivity index (χ3n) is 5.15. The Morgan fingerprint density at radius 3 is 2.41 bits per heavy atom. The number of benzene rings is 2. The monoisotopic (exact) mass is 410 g/mol. The molecule has 2 aliphatic heterocycles. The first kappa shape index (κ1) is 20.0. The molecule has 2 aliphatic rings. The second-order valence-corrected chi connectivity index (χ2v) is 8.11. The fraction of sp³-hybridized carbons (Fsp3) is 0.348. The molecule has 5 nitrogen and oxygen atoms in total. The van der Waals surface area contributed by atoms with Crippen molar-refractivity contribution >= 4 is 22.6 Å². The van der Waals surface area contributed by atoms with Gasteiger partial charge in [0.2, 0.25) is 0 Å². The van der Waals surface area contributed by atoms with Crippen LogP contribution in [0.25, 0.3) is 4.91 Å². The number of nitrogens with zero attached hydrogens (tertiary/aromatic N) is 1. The molecule has 0 unspecified atom stereocenters. The van der Waals surface area contributed by atoms with Gasteiger partial charge in [-0.25, -0.2) is 0 Å². The third kappa shape index (κ3) is 5.01. The SMILES string of the molecule is O=C(NC[C@@H](c1ccccc1)N1CCOCC1)C1=C(c2ccccc2)SCCO1. The number of hydrogen-bond acceptors (Lipinski definition) is 5. The van der Waals surface area contributed by atoms with Gasteiger partial charge in [0, 0.05) is 25.4 Å². The fourth-order valence-electron chi connectivity index (χ4n) is 3.68. The van der Waals surface area contributed by atoms with Gasteiger partial charge >= 0.3 is 0 Å². The van der Waals surface area contributed by atoms with Gasteiger partial charge in [0.25, 0.3) is 5.91 Å². The maximum absolute atomic E-state index is 13.0. The predicted molar refractivity (Wildman–Crippen MR) is 116 cm³/mol. The van der Waals surface area contributed by atoms with Gasteiger partial charge in [-0.05, 0) is 11.1 Å². The van der Waals surface area contributed by atoms with Gasteiger partial charge in [-0.1, -0.05) is 60.7 Å². The Balaban J connectivity index is 1.52. The Bertz CT molecular complexity index is 836. The Kier molecular flexibility index (Phi) is 6.87. The van der Waals surface area contributed by atoms with E-state index in [-0.39, 0.29) is 11.9 Å². The van der Waals surface area contributed by atoms with Crippen LogP contribution in [0.5, 0.6) is 0 Å². The van der Waals surface area contributed by atoms with Gasteiger partial charge in [0.15, 0.2) is 5.76 Å². The van der Waals surface area contributed by atoms with E-state index in [4.69, 9.17) is 9.47 Å². The molecule has 2 heterocycles. The number of nitrogens with one attached hydrogen (secondary N) is 1. The summed E-state index contributed by atoms with van der Waals surface area (Å²) in [4.78, 5) is 16.3. The average Bonchev–Trinajstić information content (AvgIpc) is 2.81. The van der Waals surface area contributed by atoms with E-state index in [1.54, 1.807) is 11.8 Å². The third-order valence-corrected chi connectivity index (χ3v) is 6.23. The second kappa shape index (κ2) is 9.96. The summed E-state index contributed by atoms with van der Waals surface area (Å²) < 4.78 is 11.3. The van der Waals surface area contributed by atoms with Crippen LogP contribution in [-0.4, -0.2) is 56.0 Å². The van der Waals surface area contributed by atoms with Crippen molar-refractivity contribution in [3.8, 4) is 0 Å². The number of ether oxygens (including phenoxy) is 2. The molecule has 0 aromatic heterocycles. The molecule has 0 bridgehead atoms. The van der Waals surface area contributed by atoms with Gasteiger partial charge in [-0.2, -0.15) is 0 Å². The van der Waals surface area contributed by atoms with Gasteiger partial charge < -0.3 is 14.8 Å². The molecule has 1 amide bonds. The molecule has 29 heavy (non-hydrogen) atoms. The molecular weight excluding hydrogens is 384 g/mol. The smallest absolute Gasteiger partial charge is 0.287 e. The van der Waals surface area contributed by atoms with Gasteiger partial charge in [0.1, 0.15) is 0 Å². The van der Waals surface area contributed by atoms with E-state index < -0.39 is 0 Å². The molecule has 1 atom stereocenters. The number of hydrogen-bond donors (Lipinski definition) is 1. The Labute approximate surface area is 176 Å². The minimum atomic E-state index is -0.148. The molecule has 1 saturated heterocycles. The van der Waals surface area contributed by atoms with Crippen LogP contribution in [0.4, 0.5) is 0 Å². The molecule has 1 fully saturated rings. The van der Waals surface area contributed by atoms with E-state index >= 15 is 0 Å². The Morgan fingerprint density at radius 1 is 1.00 bits per heavy atom. The zero-order valence-electron chi connectivity index (χ0n) is 16.4. The van der Waals surface area contributed by atoms with E-state index in [2.05, 4.69) is 22.3 Å². The molecular formula is C23H26N2O3S. The molecule has 2 aromatic carbocycles. The minimum Gasteiger partial charge on any atom is -0.486 e. The lowest BCUT2D eigenvalue weighted by atomic mass is 10.0. The highest BCUT2D eigenvalue weighted by molar-refractivity contribution is 8.08. The summed E-state index contributed by atoms with van der Waals surface area (Å²) in [6.07, 6.45) is 0. The summed E-state index contributed by atoms with van der Waals surface area (Å²) in [5, 5.41) is 3.13. The number of rotatable bonds is 6. The van der Waals surface area contributed by atoms with E-state index in [0.717, 1.165) is 42.5 Å². The van der Waals surface area contributed by atoms with Crippen LogP contribution in [-0.2, 0) is 14.3 Å². The lowest BCUT2D eigenvalue weighted by Gasteiger charge is -2.35. The maximum Gasteiger partial charge on any atom is 0.287 e. The normalized spacial score (nSPS) is 18.8. The summed E-state index contributed by atoms with van der Waals surface area (Å²) in [7, 11) is 0. The number of morpholine rings is 1. The highest BCUT2D eigenvalue weighted by atomic mass is 32.2. The molecule has 152 valence electrons. The highest BCUT2D eigenvalue weighted by Gasteiger charge is 2.26. The molecule has 0 radical (unpaired) electrons. The summed E-state index contributed by atoms with van der Waals surface area (Å²) in [6, 6.07) is 20.4. The molecule has 0 aliphatic carbocycles. The van der Waals surface area contributed by atoms with Crippen LogP contribution in [0.15, 0.2) is 66.4 Å². The maximum atomic E-state index is 13.0. The first-order valence-corrected chi connectivity index (χ1v) is 11.0. The van der Waals surface area contributed by atoms with Gasteiger partial charge in [0.05, 0.1) is 30.8 Å². The number of amides is 1. The van der Waals surface area contributed by atoms with Crippen LogP contribution in [0, 0.1) is 0 Å². The standard InChI is InChI=1S/C23H26N2O3S/c26-23(21-22(29-16-15-28-21)19-9-5-2-6-10-19)24-17-20(18-7-3-1-4-8-18)25-11-13-27-14-12-25/h1-10,20H,11-17H2,(H,24,26)/t20-/m0/s1. The van der Waals surface area contributed by atoms with Crippen LogP contribution in [0.3, 0.4) is 0 Å². The molecule has 4 rings (SSSR count). The molecule has 0 saturated carbocycles. The van der Waals surface area contributed by atoms with Crippen molar-refractivity contribution in [2.24, 2.45) is 0 Å². The summed E-state index contributed by atoms with van der Waals surface area (Å²) in [5.41, 5.74) is 2.22. The van der Waals surface area contributed by atoms with Crippen molar-refractivity contribution in [2.45, 2.75) is 6.04 Å². The molecule has 2 aromatic rings. The minimum absolute atomic E-state index is 0.112. The lowest BCUT2D eigenvalue weighted by molar-refractivity contribution is -0.121. The number of carbonyl (C=O) groups excluding carboxylic acids is 1. The van der Waals surface area contributed by atoms with E-state index in [9.17, 15) is 4.79 Å². The van der Waals surface area contributed by atoms with Crippen LogP contribution in [0.1, 0.15) is 17.2 Å². The van der Waals surface area contributed by atoms with Gasteiger partial charge in [-0.3, -0.25) is 9.69 Å². The number of carbonyl (C=O) groups is 1. The van der Waals surface area contributed by atoms with Crippen molar-refractivity contribution in [1.82, 2.24) is 10.2 Å².